The van der Waals surface area contributed by atoms with E-state index in [1.165, 1.54) is 89.9 Å². The smallest absolute Gasteiger partial charge is 0.306 e. The first-order chi connectivity index (χ1) is 14.1. The fraction of sp³-hybridized carbons (Fsp3) is 0.960. The van der Waals surface area contributed by atoms with Gasteiger partial charge in [0, 0.05) is 32.5 Å². The first-order valence-corrected chi connectivity index (χ1v) is 12.5. The molecule has 0 bridgehead atoms. The van der Waals surface area contributed by atoms with E-state index in [0.29, 0.717) is 19.3 Å². The predicted molar refractivity (Wildman–Crippen MR) is 122 cm³/mol. The summed E-state index contributed by atoms with van der Waals surface area (Å²) in [5.74, 6) is -0.209. The van der Waals surface area contributed by atoms with Crippen LogP contribution in [-0.2, 0) is 9.53 Å². The summed E-state index contributed by atoms with van der Waals surface area (Å²) in [5.41, 5.74) is -0.740. The zero-order valence-corrected chi connectivity index (χ0v) is 19.6. The molecule has 0 heterocycles. The molecule has 0 aromatic heterocycles. The maximum Gasteiger partial charge on any atom is 0.306 e. The number of hydrogen-bond acceptors (Lipinski definition) is 4. The van der Waals surface area contributed by atoms with Crippen LogP contribution < -0.4 is 0 Å². The number of unbranched alkanes of at least 4 members (excludes halogenated alkanes) is 15. The van der Waals surface area contributed by atoms with Gasteiger partial charge in [-0.25, -0.2) is 0 Å². The van der Waals surface area contributed by atoms with E-state index in [4.69, 9.17) is 14.9 Å². The van der Waals surface area contributed by atoms with E-state index in [-0.39, 0.29) is 19.2 Å². The molecule has 0 atom stereocenters. The predicted octanol–water partition coefficient (Wildman–Crippen LogP) is 6.70. The van der Waals surface area contributed by atoms with Crippen LogP contribution in [0.15, 0.2) is 0 Å². The molecule has 29 heavy (non-hydrogen) atoms. The second-order valence-electron chi connectivity index (χ2n) is 8.92. The highest BCUT2D eigenvalue weighted by Gasteiger charge is 2.27. The molecule has 0 aromatic rings. The van der Waals surface area contributed by atoms with Gasteiger partial charge in [0.05, 0.1) is 0 Å². The number of carbonyl (C=O) groups is 1. The van der Waals surface area contributed by atoms with Crippen LogP contribution in [0.25, 0.3) is 0 Å². The molecule has 0 aromatic carbocycles. The highest BCUT2D eigenvalue weighted by atomic mass is 16.6. The van der Waals surface area contributed by atoms with Gasteiger partial charge in [0.25, 0.3) is 0 Å². The highest BCUT2D eigenvalue weighted by Crippen LogP contribution is 2.21. The molecule has 0 aliphatic carbocycles. The second-order valence-corrected chi connectivity index (χ2v) is 8.92. The molecule has 0 saturated heterocycles. The van der Waals surface area contributed by atoms with Gasteiger partial charge < -0.3 is 14.9 Å². The van der Waals surface area contributed by atoms with Crippen LogP contribution in [0, 0.1) is 0 Å². The van der Waals surface area contributed by atoms with Crippen LogP contribution in [-0.4, -0.2) is 35.0 Å². The Morgan fingerprint density at radius 2 is 1.00 bits per heavy atom. The van der Waals surface area contributed by atoms with Crippen molar-refractivity contribution < 1.29 is 19.7 Å². The van der Waals surface area contributed by atoms with Crippen LogP contribution in [0.3, 0.4) is 0 Å². The van der Waals surface area contributed by atoms with Gasteiger partial charge >= 0.3 is 5.97 Å². The Morgan fingerprint density at radius 1 is 0.655 bits per heavy atom. The van der Waals surface area contributed by atoms with E-state index in [9.17, 15) is 4.79 Å². The van der Waals surface area contributed by atoms with Crippen molar-refractivity contribution in [3.05, 3.63) is 0 Å². The summed E-state index contributed by atoms with van der Waals surface area (Å²) >= 11 is 0. The third-order valence-corrected chi connectivity index (χ3v) is 5.88. The standard InChI is InChI=1S/C25H50O4/c1-3-4-5-6-7-8-9-10-11-12-13-14-15-16-17-18-19-24(28)29-25(2,20-22-26)21-23-27/h26-27H,3-23H2,1-2H3. The summed E-state index contributed by atoms with van der Waals surface area (Å²) in [6.45, 7) is 3.98. The van der Waals surface area contributed by atoms with Gasteiger partial charge in [0.1, 0.15) is 5.60 Å². The molecule has 0 rings (SSSR count). The minimum atomic E-state index is -0.740. The van der Waals surface area contributed by atoms with Crippen LogP contribution in [0.4, 0.5) is 0 Å². The van der Waals surface area contributed by atoms with Crippen LogP contribution >= 0.6 is 0 Å². The lowest BCUT2D eigenvalue weighted by molar-refractivity contribution is -0.161. The van der Waals surface area contributed by atoms with E-state index in [1.807, 2.05) is 0 Å². The van der Waals surface area contributed by atoms with Crippen molar-refractivity contribution >= 4 is 5.97 Å². The van der Waals surface area contributed by atoms with Crippen molar-refractivity contribution in [3.63, 3.8) is 0 Å². The van der Waals surface area contributed by atoms with Gasteiger partial charge in [0.15, 0.2) is 0 Å². The Labute approximate surface area is 180 Å². The van der Waals surface area contributed by atoms with Crippen molar-refractivity contribution in [2.45, 2.75) is 141 Å². The van der Waals surface area contributed by atoms with Crippen LogP contribution in [0.5, 0.6) is 0 Å². The van der Waals surface area contributed by atoms with Crippen molar-refractivity contribution in [1.29, 1.82) is 0 Å². The number of aliphatic hydroxyl groups excluding tert-OH is 2. The number of ether oxygens (including phenoxy) is 1. The maximum atomic E-state index is 12.0. The SMILES string of the molecule is CCCCCCCCCCCCCCCCCCC(=O)OC(C)(CCO)CCO. The van der Waals surface area contributed by atoms with Crippen molar-refractivity contribution in [2.75, 3.05) is 13.2 Å². The molecule has 0 fully saturated rings. The first kappa shape index (κ1) is 28.4. The number of aliphatic hydroxyl groups is 2. The molecule has 174 valence electrons. The average molecular weight is 415 g/mol. The zero-order chi connectivity index (χ0) is 21.6. The lowest BCUT2D eigenvalue weighted by atomic mass is 9.98. The molecule has 0 amide bonds. The topological polar surface area (TPSA) is 66.8 Å². The largest absolute Gasteiger partial charge is 0.459 e. The highest BCUT2D eigenvalue weighted by molar-refractivity contribution is 5.69. The minimum absolute atomic E-state index is 0.0389. The monoisotopic (exact) mass is 414 g/mol. The van der Waals surface area contributed by atoms with E-state index < -0.39 is 5.60 Å². The Kier molecular flexibility index (Phi) is 20.2. The zero-order valence-electron chi connectivity index (χ0n) is 19.6. The van der Waals surface area contributed by atoms with E-state index in [1.54, 1.807) is 6.92 Å². The molecule has 4 nitrogen and oxygen atoms in total. The average Bonchev–Trinajstić information content (AvgIpc) is 2.67. The molecular weight excluding hydrogens is 364 g/mol. The van der Waals surface area contributed by atoms with Gasteiger partial charge in [0.2, 0.25) is 0 Å². The number of esters is 1. The number of rotatable bonds is 22. The van der Waals surface area contributed by atoms with Crippen LogP contribution in [0.1, 0.15) is 136 Å². The normalized spacial score (nSPS) is 11.7. The Bertz CT molecular complexity index is 351. The molecule has 0 saturated carbocycles. The molecule has 2 N–H and O–H groups in total. The summed E-state index contributed by atoms with van der Waals surface area (Å²) in [7, 11) is 0. The van der Waals surface area contributed by atoms with Crippen molar-refractivity contribution in [1.82, 2.24) is 0 Å². The number of carbonyl (C=O) groups excluding carboxylic acids is 1. The minimum Gasteiger partial charge on any atom is -0.459 e. The lowest BCUT2D eigenvalue weighted by Gasteiger charge is -2.28. The molecule has 0 aliphatic heterocycles. The summed E-state index contributed by atoms with van der Waals surface area (Å²) in [6, 6.07) is 0. The maximum absolute atomic E-state index is 12.0. The summed E-state index contributed by atoms with van der Waals surface area (Å²) in [5, 5.41) is 18.2. The molecular formula is C25H50O4. The molecule has 4 heteroatoms. The van der Waals surface area contributed by atoms with Crippen LogP contribution in [0.2, 0.25) is 0 Å². The van der Waals surface area contributed by atoms with E-state index in [0.717, 1.165) is 12.8 Å². The quantitative estimate of drug-likeness (QED) is 0.153. The first-order valence-electron chi connectivity index (χ1n) is 12.5. The fourth-order valence-electron chi connectivity index (χ4n) is 3.84. The fourth-order valence-corrected chi connectivity index (χ4v) is 3.84. The Hall–Kier alpha value is -0.610. The Morgan fingerprint density at radius 3 is 1.34 bits per heavy atom. The summed E-state index contributed by atoms with van der Waals surface area (Å²) < 4.78 is 5.48. The summed E-state index contributed by atoms with van der Waals surface area (Å²) in [4.78, 5) is 12.0. The van der Waals surface area contributed by atoms with Gasteiger partial charge in [-0.05, 0) is 13.3 Å². The van der Waals surface area contributed by atoms with Gasteiger partial charge in [-0.15, -0.1) is 0 Å². The van der Waals surface area contributed by atoms with Gasteiger partial charge in [-0.1, -0.05) is 103 Å². The third-order valence-electron chi connectivity index (χ3n) is 5.88. The Balaban J connectivity index is 3.39. The number of hydrogen-bond donors (Lipinski definition) is 2. The second kappa shape index (κ2) is 20.7. The molecule has 0 unspecified atom stereocenters. The lowest BCUT2D eigenvalue weighted by Crippen LogP contribution is -2.34. The molecule has 0 radical (unpaired) electrons. The van der Waals surface area contributed by atoms with E-state index in [2.05, 4.69) is 6.92 Å². The third kappa shape index (κ3) is 19.1. The van der Waals surface area contributed by atoms with Gasteiger partial charge in [-0.3, -0.25) is 4.79 Å². The van der Waals surface area contributed by atoms with E-state index >= 15 is 0 Å². The van der Waals surface area contributed by atoms with Crippen molar-refractivity contribution in [2.24, 2.45) is 0 Å². The van der Waals surface area contributed by atoms with Crippen molar-refractivity contribution in [3.8, 4) is 0 Å². The summed E-state index contributed by atoms with van der Waals surface area (Å²) in [6.07, 6.45) is 22.2. The van der Waals surface area contributed by atoms with Gasteiger partial charge in [-0.2, -0.15) is 0 Å². The molecule has 0 aliphatic rings. The molecule has 0 spiro atoms.